The van der Waals surface area contributed by atoms with Crippen molar-refractivity contribution in [2.75, 3.05) is 19.5 Å². The number of nitrogens with zero attached hydrogens (tertiary/aromatic N) is 2. The lowest BCUT2D eigenvalue weighted by atomic mass is 10.1. The summed E-state index contributed by atoms with van der Waals surface area (Å²) in [6.07, 6.45) is 0. The highest BCUT2D eigenvalue weighted by atomic mass is 35.5. The van der Waals surface area contributed by atoms with Crippen LogP contribution in [0.5, 0.6) is 11.5 Å². The van der Waals surface area contributed by atoms with Crippen molar-refractivity contribution in [3.63, 3.8) is 0 Å². The summed E-state index contributed by atoms with van der Waals surface area (Å²) in [5, 5.41) is 14.4. The van der Waals surface area contributed by atoms with Crippen molar-refractivity contribution in [1.82, 2.24) is 9.97 Å². The average molecular weight is 553 g/mol. The van der Waals surface area contributed by atoms with Crippen molar-refractivity contribution < 1.29 is 9.47 Å². The molecule has 0 radical (unpaired) electrons. The van der Waals surface area contributed by atoms with Gasteiger partial charge in [-0.2, -0.15) is 5.26 Å². The van der Waals surface area contributed by atoms with Crippen LogP contribution in [0.3, 0.4) is 0 Å². The van der Waals surface area contributed by atoms with Crippen molar-refractivity contribution in [3.05, 3.63) is 97.8 Å². The van der Waals surface area contributed by atoms with Gasteiger partial charge in [-0.15, -0.1) is 0 Å². The zero-order valence-electron chi connectivity index (χ0n) is 20.0. The van der Waals surface area contributed by atoms with E-state index in [9.17, 15) is 10.1 Å². The number of aromatic nitrogens is 2. The van der Waals surface area contributed by atoms with Crippen LogP contribution < -0.4 is 20.3 Å². The number of aromatic amines is 1. The molecule has 0 saturated carbocycles. The van der Waals surface area contributed by atoms with E-state index in [4.69, 9.17) is 32.7 Å². The fourth-order valence-corrected chi connectivity index (χ4v) is 4.72. The molecule has 1 aromatic heterocycles. The number of nitriles is 1. The van der Waals surface area contributed by atoms with Crippen LogP contribution in [0.4, 0.5) is 5.69 Å². The predicted molar refractivity (Wildman–Crippen MR) is 148 cm³/mol. The van der Waals surface area contributed by atoms with Crippen LogP contribution in [0.15, 0.2) is 70.6 Å². The highest BCUT2D eigenvalue weighted by Crippen LogP contribution is 2.33. The number of methoxy groups -OCH3 is 2. The summed E-state index contributed by atoms with van der Waals surface area (Å²) < 4.78 is 10.6. The van der Waals surface area contributed by atoms with Crippen molar-refractivity contribution in [2.24, 2.45) is 0 Å². The average Bonchev–Trinajstić information content (AvgIpc) is 2.92. The van der Waals surface area contributed by atoms with Crippen LogP contribution in [0, 0.1) is 11.3 Å². The van der Waals surface area contributed by atoms with Crippen molar-refractivity contribution in [2.45, 2.75) is 17.5 Å². The molecule has 3 aromatic carbocycles. The highest BCUT2D eigenvalue weighted by Gasteiger charge is 2.16. The van der Waals surface area contributed by atoms with Crippen LogP contribution in [0.25, 0.3) is 11.3 Å². The van der Waals surface area contributed by atoms with Gasteiger partial charge in [-0.1, -0.05) is 53.2 Å². The van der Waals surface area contributed by atoms with Gasteiger partial charge in [0.25, 0.3) is 5.56 Å². The van der Waals surface area contributed by atoms with E-state index >= 15 is 0 Å². The van der Waals surface area contributed by atoms with Crippen LogP contribution in [-0.2, 0) is 12.3 Å². The number of hydrogen-bond donors (Lipinski definition) is 2. The lowest BCUT2D eigenvalue weighted by Crippen LogP contribution is -2.14. The molecule has 1 heterocycles. The van der Waals surface area contributed by atoms with Crippen LogP contribution >= 0.6 is 35.0 Å². The number of halogens is 2. The first kappa shape index (κ1) is 26.4. The minimum atomic E-state index is -0.498. The largest absolute Gasteiger partial charge is 0.493 e. The van der Waals surface area contributed by atoms with Gasteiger partial charge in [0, 0.05) is 23.5 Å². The molecular weight excluding hydrogens is 531 g/mol. The number of rotatable bonds is 9. The maximum atomic E-state index is 12.7. The van der Waals surface area contributed by atoms with Gasteiger partial charge in [-0.05, 0) is 53.6 Å². The maximum absolute atomic E-state index is 12.7. The lowest BCUT2D eigenvalue weighted by Gasteiger charge is -2.11. The Morgan fingerprint density at radius 3 is 2.54 bits per heavy atom. The molecule has 0 bridgehead atoms. The number of ether oxygens (including phenoxy) is 2. The minimum Gasteiger partial charge on any atom is -0.493 e. The first-order valence-electron chi connectivity index (χ1n) is 11.1. The molecule has 0 aliphatic rings. The second-order valence-corrected chi connectivity index (χ2v) is 9.65. The van der Waals surface area contributed by atoms with Gasteiger partial charge in [-0.3, -0.25) is 4.79 Å². The highest BCUT2D eigenvalue weighted by molar-refractivity contribution is 7.98. The fraction of sp³-hybridized carbons (Fsp3) is 0.148. The number of H-pyrrole nitrogens is 1. The quantitative estimate of drug-likeness (QED) is 0.179. The Labute approximate surface area is 228 Å². The third-order valence-electron chi connectivity index (χ3n) is 5.45. The number of hydrogen-bond acceptors (Lipinski definition) is 7. The van der Waals surface area contributed by atoms with Gasteiger partial charge in [-0.25, -0.2) is 4.98 Å². The van der Waals surface area contributed by atoms with Crippen LogP contribution in [0.1, 0.15) is 16.7 Å². The Hall–Kier alpha value is -3.64. The summed E-state index contributed by atoms with van der Waals surface area (Å²) in [6.45, 7) is 0.590. The molecule has 0 atom stereocenters. The summed E-state index contributed by atoms with van der Waals surface area (Å²) >= 11 is 13.5. The van der Waals surface area contributed by atoms with E-state index in [1.807, 2.05) is 42.5 Å². The molecule has 0 aliphatic heterocycles. The second kappa shape index (κ2) is 12.1. The van der Waals surface area contributed by atoms with Gasteiger partial charge in [0.05, 0.1) is 30.0 Å². The molecule has 4 rings (SSSR count). The molecule has 0 fully saturated rings. The summed E-state index contributed by atoms with van der Waals surface area (Å²) in [7, 11) is 3.06. The normalized spacial score (nSPS) is 10.6. The van der Waals surface area contributed by atoms with E-state index in [-0.39, 0.29) is 11.3 Å². The molecular formula is C27H22Cl2N4O3S. The van der Waals surface area contributed by atoms with Gasteiger partial charge >= 0.3 is 0 Å². The number of benzene rings is 3. The third-order valence-corrected chi connectivity index (χ3v) is 7.13. The minimum absolute atomic E-state index is 0.0647. The molecule has 0 unspecified atom stereocenters. The lowest BCUT2D eigenvalue weighted by molar-refractivity contribution is 0.355. The molecule has 0 saturated heterocycles. The van der Waals surface area contributed by atoms with Crippen molar-refractivity contribution in [1.29, 1.82) is 5.26 Å². The molecule has 0 amide bonds. The van der Waals surface area contributed by atoms with Gasteiger partial charge < -0.3 is 19.8 Å². The number of nitrogens with one attached hydrogen (secondary N) is 2. The second-order valence-electron chi connectivity index (χ2n) is 7.87. The Balaban J connectivity index is 1.51. The Bertz CT molecular complexity index is 1540. The first-order valence-corrected chi connectivity index (χ1v) is 12.8. The summed E-state index contributed by atoms with van der Waals surface area (Å²) in [5.74, 6) is 1.57. The molecule has 4 aromatic rings. The fourth-order valence-electron chi connectivity index (χ4n) is 3.59. The van der Waals surface area contributed by atoms with E-state index in [2.05, 4.69) is 15.3 Å². The number of anilines is 1. The molecule has 0 spiro atoms. The standard InChI is InChI=1S/C27H22Cl2N4O3S/c1-35-23-9-7-18(12-24(23)36-2)25-20(13-30)26(34)33-27(32-25)37-15-17-4-3-5-19(10-17)31-14-16-6-8-21(28)22(29)11-16/h3-12,31H,14-15H2,1-2H3,(H,32,33,34). The van der Waals surface area contributed by atoms with Crippen molar-refractivity contribution >= 4 is 40.7 Å². The van der Waals surface area contributed by atoms with Crippen LogP contribution in [-0.4, -0.2) is 24.2 Å². The molecule has 37 heavy (non-hydrogen) atoms. The summed E-state index contributed by atoms with van der Waals surface area (Å²) in [4.78, 5) is 20.0. The number of thioether (sulfide) groups is 1. The Morgan fingerprint density at radius 1 is 1.00 bits per heavy atom. The molecule has 0 aliphatic carbocycles. The summed E-state index contributed by atoms with van der Waals surface area (Å²) in [5.41, 5.74) is 3.28. The maximum Gasteiger partial charge on any atom is 0.270 e. The smallest absolute Gasteiger partial charge is 0.270 e. The molecule has 10 heteroatoms. The van der Waals surface area contributed by atoms with Gasteiger partial charge in [0.15, 0.2) is 16.7 Å². The predicted octanol–water partition coefficient (Wildman–Crippen LogP) is 6.54. The molecule has 7 nitrogen and oxygen atoms in total. The third kappa shape index (κ3) is 6.38. The zero-order chi connectivity index (χ0) is 26.4. The zero-order valence-corrected chi connectivity index (χ0v) is 22.3. The molecule has 188 valence electrons. The molecule has 2 N–H and O–H groups in total. The summed E-state index contributed by atoms with van der Waals surface area (Å²) in [6, 6.07) is 20.6. The van der Waals surface area contributed by atoms with Gasteiger partial charge in [0.1, 0.15) is 11.6 Å². The monoisotopic (exact) mass is 552 g/mol. The van der Waals surface area contributed by atoms with E-state index in [1.54, 1.807) is 24.3 Å². The Kier molecular flexibility index (Phi) is 8.62. The van der Waals surface area contributed by atoms with E-state index < -0.39 is 5.56 Å². The van der Waals surface area contributed by atoms with E-state index in [0.29, 0.717) is 44.6 Å². The topological polar surface area (TPSA) is 100 Å². The first-order chi connectivity index (χ1) is 17.9. The van der Waals surface area contributed by atoms with E-state index in [1.165, 1.54) is 26.0 Å². The van der Waals surface area contributed by atoms with Gasteiger partial charge in [0.2, 0.25) is 0 Å². The van der Waals surface area contributed by atoms with Crippen molar-refractivity contribution in [3.8, 4) is 28.8 Å². The SMILES string of the molecule is COc1ccc(-c2nc(SCc3cccc(NCc4ccc(Cl)c(Cl)c4)c3)[nH]c(=O)c2C#N)cc1OC. The Morgan fingerprint density at radius 2 is 1.81 bits per heavy atom. The van der Waals surface area contributed by atoms with Crippen LogP contribution in [0.2, 0.25) is 10.0 Å². The van der Waals surface area contributed by atoms with E-state index in [0.717, 1.165) is 16.8 Å².